The van der Waals surface area contributed by atoms with Crippen LogP contribution in [0.3, 0.4) is 0 Å². The van der Waals surface area contributed by atoms with E-state index in [0.29, 0.717) is 17.8 Å². The summed E-state index contributed by atoms with van der Waals surface area (Å²) in [5.74, 6) is 0.822. The van der Waals surface area contributed by atoms with Crippen LogP contribution in [0.2, 0.25) is 0 Å². The van der Waals surface area contributed by atoms with E-state index in [4.69, 9.17) is 4.98 Å². The van der Waals surface area contributed by atoms with Crippen molar-refractivity contribution in [1.29, 1.82) is 0 Å². The highest BCUT2D eigenvalue weighted by molar-refractivity contribution is 7.12. The molecule has 0 aliphatic heterocycles. The Labute approximate surface area is 197 Å². The van der Waals surface area contributed by atoms with Crippen LogP contribution in [0.1, 0.15) is 35.8 Å². The first-order valence-corrected chi connectivity index (χ1v) is 12.1. The fourth-order valence-corrected chi connectivity index (χ4v) is 4.61. The monoisotopic (exact) mass is 460 g/mol. The van der Waals surface area contributed by atoms with E-state index < -0.39 is 0 Å². The Balaban J connectivity index is 1.50. The third-order valence-electron chi connectivity index (χ3n) is 5.45. The zero-order valence-corrected chi connectivity index (χ0v) is 19.7. The van der Waals surface area contributed by atoms with E-state index in [0.717, 1.165) is 29.0 Å². The number of nitrogens with one attached hydrogen (secondary N) is 1. The summed E-state index contributed by atoms with van der Waals surface area (Å²) in [5, 5.41) is 4.86. The first-order valence-electron chi connectivity index (χ1n) is 11.2. The molecule has 0 spiro atoms. The van der Waals surface area contributed by atoms with Crippen molar-refractivity contribution in [3.63, 3.8) is 0 Å². The van der Waals surface area contributed by atoms with Gasteiger partial charge in [0.2, 0.25) is 5.91 Å². The topological polar surface area (TPSA) is 67.2 Å². The van der Waals surface area contributed by atoms with Crippen molar-refractivity contribution >= 4 is 39.9 Å². The van der Waals surface area contributed by atoms with Crippen molar-refractivity contribution in [1.82, 2.24) is 14.9 Å². The molecule has 0 aliphatic carbocycles. The molecule has 2 amide bonds. The second-order valence-corrected chi connectivity index (χ2v) is 9.08. The van der Waals surface area contributed by atoms with Crippen LogP contribution in [0.4, 0.5) is 5.69 Å². The maximum Gasteiger partial charge on any atom is 0.261 e. The number of imidazole rings is 1. The normalized spacial score (nSPS) is 11.1. The Hall–Kier alpha value is -3.45. The number of rotatable bonds is 9. The molecule has 0 saturated heterocycles. The van der Waals surface area contributed by atoms with Crippen LogP contribution in [0, 0.1) is 0 Å². The third-order valence-corrected chi connectivity index (χ3v) is 6.32. The van der Waals surface area contributed by atoms with Gasteiger partial charge in [-0.25, -0.2) is 4.98 Å². The average molecular weight is 461 g/mol. The molecule has 7 heteroatoms. The van der Waals surface area contributed by atoms with Crippen molar-refractivity contribution in [2.45, 2.75) is 39.3 Å². The van der Waals surface area contributed by atoms with Gasteiger partial charge < -0.3 is 14.8 Å². The van der Waals surface area contributed by atoms with Crippen LogP contribution >= 0.6 is 11.3 Å². The summed E-state index contributed by atoms with van der Waals surface area (Å²) >= 11 is 1.43. The van der Waals surface area contributed by atoms with Gasteiger partial charge in [0.1, 0.15) is 12.4 Å². The highest BCUT2D eigenvalue weighted by Gasteiger charge is 2.21. The number of thiophene rings is 1. The second-order valence-electron chi connectivity index (χ2n) is 8.13. The molecule has 6 nitrogen and oxygen atoms in total. The minimum absolute atomic E-state index is 0.0200. The van der Waals surface area contributed by atoms with E-state index in [1.165, 1.54) is 11.3 Å². The molecule has 0 atom stereocenters. The maximum atomic E-state index is 13.4. The Morgan fingerprint density at radius 2 is 1.79 bits per heavy atom. The zero-order chi connectivity index (χ0) is 23.2. The molecular formula is C26H28N4O2S. The zero-order valence-electron chi connectivity index (χ0n) is 18.9. The molecule has 0 fully saturated rings. The first-order chi connectivity index (χ1) is 16.0. The number of hydrogen-bond donors (Lipinski definition) is 1. The van der Waals surface area contributed by atoms with E-state index in [9.17, 15) is 9.59 Å². The minimum atomic E-state index is -0.0517. The van der Waals surface area contributed by atoms with Gasteiger partial charge in [-0.1, -0.05) is 36.4 Å². The number of fused-ring (bicyclic) bond motifs is 1. The van der Waals surface area contributed by atoms with Crippen molar-refractivity contribution in [3.8, 4) is 0 Å². The number of amides is 2. The molecule has 0 saturated carbocycles. The summed E-state index contributed by atoms with van der Waals surface area (Å²) in [6.07, 6.45) is 1.40. The molecule has 0 bridgehead atoms. The van der Waals surface area contributed by atoms with E-state index in [-0.39, 0.29) is 24.4 Å². The number of para-hydroxylation sites is 3. The lowest BCUT2D eigenvalue weighted by molar-refractivity contribution is -0.119. The molecular weight excluding hydrogens is 432 g/mol. The van der Waals surface area contributed by atoms with Gasteiger partial charge in [-0.15, -0.1) is 11.3 Å². The minimum Gasteiger partial charge on any atom is -0.351 e. The van der Waals surface area contributed by atoms with Gasteiger partial charge in [-0.2, -0.15) is 0 Å². The number of carbonyl (C=O) groups is 2. The van der Waals surface area contributed by atoms with Gasteiger partial charge in [0.25, 0.3) is 5.91 Å². The van der Waals surface area contributed by atoms with Gasteiger partial charge >= 0.3 is 0 Å². The van der Waals surface area contributed by atoms with Crippen molar-refractivity contribution in [2.24, 2.45) is 0 Å². The number of anilines is 1. The Bertz CT molecular complexity index is 1220. The lowest BCUT2D eigenvalue weighted by Crippen LogP contribution is -2.39. The Morgan fingerprint density at radius 1 is 1.03 bits per heavy atom. The van der Waals surface area contributed by atoms with Crippen LogP contribution in [0.25, 0.3) is 11.0 Å². The van der Waals surface area contributed by atoms with Gasteiger partial charge in [-0.05, 0) is 56.0 Å². The lowest BCUT2D eigenvalue weighted by atomic mass is 10.2. The van der Waals surface area contributed by atoms with Crippen molar-refractivity contribution < 1.29 is 9.59 Å². The number of nitrogens with zero attached hydrogens (tertiary/aromatic N) is 3. The van der Waals surface area contributed by atoms with E-state index >= 15 is 0 Å². The number of aromatic nitrogens is 2. The number of benzene rings is 2. The smallest absolute Gasteiger partial charge is 0.261 e. The fourth-order valence-electron chi connectivity index (χ4n) is 3.97. The predicted octanol–water partition coefficient (Wildman–Crippen LogP) is 4.90. The molecule has 2 heterocycles. The molecule has 4 aromatic rings. The van der Waals surface area contributed by atoms with Gasteiger partial charge in [0.15, 0.2) is 0 Å². The van der Waals surface area contributed by atoms with Gasteiger partial charge in [0.05, 0.1) is 15.9 Å². The highest BCUT2D eigenvalue weighted by atomic mass is 32.1. The fraction of sp³-hybridized carbons (Fsp3) is 0.269. The Kier molecular flexibility index (Phi) is 7.19. The molecule has 0 aliphatic rings. The van der Waals surface area contributed by atoms with Gasteiger partial charge in [0, 0.05) is 24.7 Å². The van der Waals surface area contributed by atoms with E-state index in [2.05, 4.69) is 5.32 Å². The van der Waals surface area contributed by atoms with Crippen molar-refractivity contribution in [3.05, 3.63) is 82.8 Å². The summed E-state index contributed by atoms with van der Waals surface area (Å²) in [4.78, 5) is 32.9. The molecule has 0 radical (unpaired) electrons. The van der Waals surface area contributed by atoms with Crippen LogP contribution in [-0.4, -0.2) is 34.0 Å². The number of carbonyl (C=O) groups excluding carboxylic acids is 2. The average Bonchev–Trinajstić information content (AvgIpc) is 3.46. The van der Waals surface area contributed by atoms with E-state index in [1.54, 1.807) is 0 Å². The van der Waals surface area contributed by atoms with Gasteiger partial charge in [-0.3, -0.25) is 9.59 Å². The lowest BCUT2D eigenvalue weighted by Gasteiger charge is -2.27. The third kappa shape index (κ3) is 5.31. The van der Waals surface area contributed by atoms with E-state index in [1.807, 2.05) is 95.4 Å². The molecule has 4 rings (SSSR count). The quantitative estimate of drug-likeness (QED) is 0.361. The summed E-state index contributed by atoms with van der Waals surface area (Å²) < 4.78 is 2.01. The van der Waals surface area contributed by atoms with Crippen LogP contribution < -0.4 is 10.2 Å². The Morgan fingerprint density at radius 3 is 2.52 bits per heavy atom. The molecule has 1 N–H and O–H groups in total. The molecule has 0 unspecified atom stereocenters. The number of aryl methyl sites for hydroxylation is 1. The molecule has 170 valence electrons. The second kappa shape index (κ2) is 10.4. The van der Waals surface area contributed by atoms with Crippen LogP contribution in [-0.2, 0) is 17.8 Å². The molecule has 33 heavy (non-hydrogen) atoms. The number of hydrogen-bond acceptors (Lipinski definition) is 4. The molecule has 2 aromatic heterocycles. The standard InChI is InChI=1S/C26H28N4O2S/c1-19(2)30(20-10-4-3-5-11-20)25(31)18-29-22-13-7-6-12-21(22)28-24(29)15-8-16-27-26(32)23-14-9-17-33-23/h3-7,9-14,17,19H,8,15-16,18H2,1-2H3,(H,27,32). The highest BCUT2D eigenvalue weighted by Crippen LogP contribution is 2.21. The first kappa shape index (κ1) is 22.7. The summed E-state index contributed by atoms with van der Waals surface area (Å²) in [7, 11) is 0. The maximum absolute atomic E-state index is 13.4. The van der Waals surface area contributed by atoms with Crippen LogP contribution in [0.5, 0.6) is 0 Å². The predicted molar refractivity (Wildman–Crippen MR) is 134 cm³/mol. The van der Waals surface area contributed by atoms with Crippen LogP contribution in [0.15, 0.2) is 72.1 Å². The largest absolute Gasteiger partial charge is 0.351 e. The summed E-state index contributed by atoms with van der Waals surface area (Å²) in [6, 6.07) is 21.4. The summed E-state index contributed by atoms with van der Waals surface area (Å²) in [5.41, 5.74) is 2.71. The van der Waals surface area contributed by atoms with Crippen molar-refractivity contribution in [2.75, 3.05) is 11.4 Å². The SMILES string of the molecule is CC(C)N(C(=O)Cn1c(CCCNC(=O)c2cccs2)nc2ccccc21)c1ccccc1. The molecule has 2 aromatic carbocycles. The summed E-state index contributed by atoms with van der Waals surface area (Å²) in [6.45, 7) is 4.81.